The summed E-state index contributed by atoms with van der Waals surface area (Å²) in [5.41, 5.74) is 4.08. The van der Waals surface area contributed by atoms with Crippen molar-refractivity contribution in [3.63, 3.8) is 0 Å². The summed E-state index contributed by atoms with van der Waals surface area (Å²) in [5.74, 6) is 1.18. The number of amides is 1. The molecule has 2 aromatic carbocycles. The molecular formula is C22H20ClN5O3. The van der Waals surface area contributed by atoms with Crippen LogP contribution < -0.4 is 10.1 Å². The lowest BCUT2D eigenvalue weighted by Crippen LogP contribution is -2.13. The number of halogens is 1. The van der Waals surface area contributed by atoms with Crippen molar-refractivity contribution in [2.75, 3.05) is 12.4 Å². The first-order valence-corrected chi connectivity index (χ1v) is 9.86. The second-order valence-electron chi connectivity index (χ2n) is 7.01. The van der Waals surface area contributed by atoms with E-state index in [1.165, 1.54) is 7.11 Å². The SMILES string of the molecule is COc1ccc(Cl)cc1NC(=O)c1cn(-c2cc(-c3noc(C)n3)ccc2C)nc1C. The van der Waals surface area contributed by atoms with Crippen molar-refractivity contribution in [3.8, 4) is 22.8 Å². The molecule has 0 unspecified atom stereocenters. The Balaban J connectivity index is 1.67. The highest BCUT2D eigenvalue weighted by atomic mass is 35.5. The van der Waals surface area contributed by atoms with E-state index in [2.05, 4.69) is 20.6 Å². The van der Waals surface area contributed by atoms with Crippen LogP contribution in [-0.2, 0) is 0 Å². The van der Waals surface area contributed by atoms with Gasteiger partial charge in [0.05, 0.1) is 29.7 Å². The van der Waals surface area contributed by atoms with E-state index in [1.54, 1.807) is 42.9 Å². The Bertz CT molecular complexity index is 1280. The Kier molecular flexibility index (Phi) is 5.48. The molecule has 8 nitrogen and oxygen atoms in total. The van der Waals surface area contributed by atoms with Crippen LogP contribution in [0.3, 0.4) is 0 Å². The fourth-order valence-electron chi connectivity index (χ4n) is 3.19. The molecule has 1 N–H and O–H groups in total. The van der Waals surface area contributed by atoms with Crippen LogP contribution in [0.4, 0.5) is 5.69 Å². The van der Waals surface area contributed by atoms with Gasteiger partial charge in [-0.25, -0.2) is 4.68 Å². The van der Waals surface area contributed by atoms with Gasteiger partial charge in [0.15, 0.2) is 0 Å². The van der Waals surface area contributed by atoms with Crippen LogP contribution in [0.1, 0.15) is 27.5 Å². The van der Waals surface area contributed by atoms with Crippen LogP contribution in [0.25, 0.3) is 17.1 Å². The molecule has 0 aliphatic heterocycles. The first-order chi connectivity index (χ1) is 14.9. The molecule has 0 radical (unpaired) electrons. The number of methoxy groups -OCH3 is 1. The second-order valence-corrected chi connectivity index (χ2v) is 7.45. The highest BCUT2D eigenvalue weighted by Gasteiger charge is 2.18. The lowest BCUT2D eigenvalue weighted by Gasteiger charge is -2.10. The highest BCUT2D eigenvalue weighted by molar-refractivity contribution is 6.31. The zero-order valence-corrected chi connectivity index (χ0v) is 18.2. The van der Waals surface area contributed by atoms with Crippen molar-refractivity contribution in [2.24, 2.45) is 0 Å². The average molecular weight is 438 g/mol. The lowest BCUT2D eigenvalue weighted by atomic mass is 10.1. The Morgan fingerprint density at radius 2 is 1.97 bits per heavy atom. The number of aromatic nitrogens is 4. The van der Waals surface area contributed by atoms with E-state index < -0.39 is 0 Å². The Morgan fingerprint density at radius 1 is 1.16 bits per heavy atom. The van der Waals surface area contributed by atoms with Crippen molar-refractivity contribution in [1.82, 2.24) is 19.9 Å². The van der Waals surface area contributed by atoms with E-state index in [0.29, 0.717) is 39.4 Å². The van der Waals surface area contributed by atoms with E-state index in [1.807, 2.05) is 25.1 Å². The zero-order chi connectivity index (χ0) is 22.1. The largest absolute Gasteiger partial charge is 0.495 e. The Hall–Kier alpha value is -3.65. The summed E-state index contributed by atoms with van der Waals surface area (Å²) in [5, 5.41) is 11.8. The van der Waals surface area contributed by atoms with Crippen LogP contribution in [0.15, 0.2) is 47.1 Å². The molecule has 9 heteroatoms. The number of aryl methyl sites for hydroxylation is 3. The summed E-state index contributed by atoms with van der Waals surface area (Å²) in [4.78, 5) is 17.2. The van der Waals surface area contributed by atoms with E-state index >= 15 is 0 Å². The zero-order valence-electron chi connectivity index (χ0n) is 17.4. The molecule has 4 aromatic rings. The van der Waals surface area contributed by atoms with Gasteiger partial charge < -0.3 is 14.6 Å². The summed E-state index contributed by atoms with van der Waals surface area (Å²) >= 11 is 6.06. The van der Waals surface area contributed by atoms with Gasteiger partial charge in [-0.1, -0.05) is 28.9 Å². The van der Waals surface area contributed by atoms with Gasteiger partial charge >= 0.3 is 0 Å². The number of rotatable bonds is 5. The monoisotopic (exact) mass is 437 g/mol. The number of benzene rings is 2. The average Bonchev–Trinajstić information content (AvgIpc) is 3.34. The molecule has 0 aliphatic rings. The first-order valence-electron chi connectivity index (χ1n) is 9.48. The minimum absolute atomic E-state index is 0.313. The predicted octanol–water partition coefficient (Wildman–Crippen LogP) is 4.76. The molecule has 4 rings (SSSR count). The Labute approximate surface area is 183 Å². The maximum atomic E-state index is 12.9. The standard InChI is InChI=1S/C22H20ClN5O3/c1-12-5-6-15(21-24-14(3)31-27-21)9-19(12)28-11-17(13(2)26-28)22(29)25-18-10-16(23)7-8-20(18)30-4/h5-11H,1-4H3,(H,25,29). The van der Waals surface area contributed by atoms with Crippen LogP contribution >= 0.6 is 11.6 Å². The minimum Gasteiger partial charge on any atom is -0.495 e. The molecule has 0 saturated heterocycles. The van der Waals surface area contributed by atoms with E-state index in [0.717, 1.165) is 16.8 Å². The molecule has 1 amide bonds. The minimum atomic E-state index is -0.313. The third-order valence-electron chi connectivity index (χ3n) is 4.79. The van der Waals surface area contributed by atoms with Crippen molar-refractivity contribution >= 4 is 23.2 Å². The first kappa shape index (κ1) is 20.6. The number of ether oxygens (including phenoxy) is 1. The number of carbonyl (C=O) groups is 1. The fraction of sp³-hybridized carbons (Fsp3) is 0.182. The van der Waals surface area contributed by atoms with Gasteiger partial charge in [0, 0.05) is 23.7 Å². The highest BCUT2D eigenvalue weighted by Crippen LogP contribution is 2.29. The third-order valence-corrected chi connectivity index (χ3v) is 5.03. The van der Waals surface area contributed by atoms with Crippen LogP contribution in [0, 0.1) is 20.8 Å². The van der Waals surface area contributed by atoms with Gasteiger partial charge in [-0.3, -0.25) is 4.79 Å². The summed E-state index contributed by atoms with van der Waals surface area (Å²) < 4.78 is 12.0. The molecule has 2 heterocycles. The van der Waals surface area contributed by atoms with Crippen LogP contribution in [0.2, 0.25) is 5.02 Å². The molecular weight excluding hydrogens is 418 g/mol. The number of hydrogen-bond donors (Lipinski definition) is 1. The van der Waals surface area contributed by atoms with Gasteiger partial charge in [0.25, 0.3) is 5.91 Å². The quantitative estimate of drug-likeness (QED) is 0.483. The third kappa shape index (κ3) is 4.15. The number of anilines is 1. The maximum Gasteiger partial charge on any atom is 0.259 e. The molecule has 0 atom stereocenters. The maximum absolute atomic E-state index is 12.9. The van der Waals surface area contributed by atoms with Crippen LogP contribution in [0.5, 0.6) is 5.75 Å². The molecule has 2 aromatic heterocycles. The summed E-state index contributed by atoms with van der Waals surface area (Å²) in [6.45, 7) is 5.48. The summed E-state index contributed by atoms with van der Waals surface area (Å²) in [6.07, 6.45) is 1.69. The normalized spacial score (nSPS) is 10.9. The molecule has 0 spiro atoms. The van der Waals surface area contributed by atoms with Gasteiger partial charge in [0.1, 0.15) is 5.75 Å². The summed E-state index contributed by atoms with van der Waals surface area (Å²) in [7, 11) is 1.53. The summed E-state index contributed by atoms with van der Waals surface area (Å²) in [6, 6.07) is 10.8. The number of nitrogens with zero attached hydrogens (tertiary/aromatic N) is 4. The smallest absolute Gasteiger partial charge is 0.259 e. The number of hydrogen-bond acceptors (Lipinski definition) is 6. The van der Waals surface area contributed by atoms with Crippen molar-refractivity contribution in [1.29, 1.82) is 0 Å². The molecule has 31 heavy (non-hydrogen) atoms. The lowest BCUT2D eigenvalue weighted by molar-refractivity contribution is 0.102. The molecule has 0 aliphatic carbocycles. The second kappa shape index (κ2) is 8.23. The van der Waals surface area contributed by atoms with Crippen LogP contribution in [-0.4, -0.2) is 32.9 Å². The number of carbonyl (C=O) groups excluding carboxylic acids is 1. The van der Waals surface area contributed by atoms with Gasteiger partial charge in [-0.05, 0) is 43.7 Å². The predicted molar refractivity (Wildman–Crippen MR) is 117 cm³/mol. The van der Waals surface area contributed by atoms with Gasteiger partial charge in [0.2, 0.25) is 11.7 Å². The van der Waals surface area contributed by atoms with Crippen molar-refractivity contribution < 1.29 is 14.1 Å². The van der Waals surface area contributed by atoms with E-state index in [-0.39, 0.29) is 5.91 Å². The van der Waals surface area contributed by atoms with E-state index in [9.17, 15) is 4.79 Å². The van der Waals surface area contributed by atoms with Gasteiger partial charge in [-0.2, -0.15) is 10.1 Å². The Morgan fingerprint density at radius 3 is 2.68 bits per heavy atom. The topological polar surface area (TPSA) is 95.1 Å². The van der Waals surface area contributed by atoms with Gasteiger partial charge in [-0.15, -0.1) is 0 Å². The molecule has 0 bridgehead atoms. The van der Waals surface area contributed by atoms with E-state index in [4.69, 9.17) is 20.9 Å². The molecule has 0 saturated carbocycles. The molecule has 0 fully saturated rings. The van der Waals surface area contributed by atoms with Crippen molar-refractivity contribution in [2.45, 2.75) is 20.8 Å². The molecule has 158 valence electrons. The fourth-order valence-corrected chi connectivity index (χ4v) is 3.36. The van der Waals surface area contributed by atoms with Crippen molar-refractivity contribution in [3.05, 3.63) is 70.3 Å². The number of nitrogens with one attached hydrogen (secondary N) is 1.